The minimum absolute atomic E-state index is 0.0991. The van der Waals surface area contributed by atoms with Gasteiger partial charge in [-0.05, 0) is 19.1 Å². The maximum atomic E-state index is 12.3. The van der Waals surface area contributed by atoms with Crippen molar-refractivity contribution in [1.29, 1.82) is 0 Å². The molecule has 24 heavy (non-hydrogen) atoms. The van der Waals surface area contributed by atoms with Gasteiger partial charge in [0.1, 0.15) is 30.0 Å². The van der Waals surface area contributed by atoms with Crippen molar-refractivity contribution in [3.05, 3.63) is 47.9 Å². The molecule has 126 valence electrons. The highest BCUT2D eigenvalue weighted by Gasteiger charge is 2.16. The van der Waals surface area contributed by atoms with E-state index in [1.54, 1.807) is 36.5 Å². The number of aryl methyl sites for hydroxylation is 1. The van der Waals surface area contributed by atoms with Crippen molar-refractivity contribution in [3.8, 4) is 5.75 Å². The van der Waals surface area contributed by atoms with Crippen LogP contribution < -0.4 is 10.1 Å². The maximum absolute atomic E-state index is 12.3. The zero-order valence-corrected chi connectivity index (χ0v) is 13.4. The summed E-state index contributed by atoms with van der Waals surface area (Å²) in [5.41, 5.74) is 0.968. The number of carbonyl (C=O) groups is 1. The van der Waals surface area contributed by atoms with Crippen LogP contribution in [0.2, 0.25) is 0 Å². The van der Waals surface area contributed by atoms with Gasteiger partial charge >= 0.3 is 0 Å². The topological polar surface area (TPSA) is 82.6 Å². The van der Waals surface area contributed by atoms with Crippen molar-refractivity contribution >= 4 is 11.7 Å². The van der Waals surface area contributed by atoms with Crippen LogP contribution in [-0.4, -0.2) is 48.4 Å². The number of hydrogen-bond acceptors (Lipinski definition) is 6. The van der Waals surface area contributed by atoms with Gasteiger partial charge in [0.15, 0.2) is 0 Å². The third-order valence-electron chi connectivity index (χ3n) is 3.39. The number of nitrogens with zero attached hydrogens (tertiary/aromatic N) is 2. The number of amides is 1. The third-order valence-corrected chi connectivity index (χ3v) is 3.39. The average Bonchev–Trinajstić information content (AvgIpc) is 2.61. The van der Waals surface area contributed by atoms with Gasteiger partial charge in [-0.2, -0.15) is 0 Å². The molecule has 2 aromatic heterocycles. The largest absolute Gasteiger partial charge is 0.491 e. The Kier molecular flexibility index (Phi) is 5.35. The summed E-state index contributed by atoms with van der Waals surface area (Å²) in [6.45, 7) is 3.87. The summed E-state index contributed by atoms with van der Waals surface area (Å²) in [6.07, 6.45) is 1.51. The van der Waals surface area contributed by atoms with Crippen molar-refractivity contribution in [2.75, 3.05) is 31.7 Å². The van der Waals surface area contributed by atoms with E-state index in [2.05, 4.69) is 15.3 Å². The van der Waals surface area contributed by atoms with Crippen LogP contribution in [-0.2, 0) is 9.47 Å². The number of nitrogens with one attached hydrogen (secondary N) is 1. The Hall–Kier alpha value is -2.51. The van der Waals surface area contributed by atoms with E-state index in [1.165, 1.54) is 0 Å². The molecule has 3 heterocycles. The van der Waals surface area contributed by atoms with Crippen molar-refractivity contribution in [3.63, 3.8) is 0 Å². The molecule has 0 aliphatic carbocycles. The highest BCUT2D eigenvalue weighted by Crippen LogP contribution is 2.16. The van der Waals surface area contributed by atoms with E-state index in [0.717, 1.165) is 0 Å². The van der Waals surface area contributed by atoms with Crippen LogP contribution in [0.5, 0.6) is 5.75 Å². The Morgan fingerprint density at radius 3 is 3.04 bits per heavy atom. The molecular weight excluding hydrogens is 310 g/mol. The Balaban J connectivity index is 1.65. The van der Waals surface area contributed by atoms with Crippen LogP contribution in [0.1, 0.15) is 16.2 Å². The van der Waals surface area contributed by atoms with Gasteiger partial charge in [-0.15, -0.1) is 0 Å². The fourth-order valence-electron chi connectivity index (χ4n) is 2.28. The second-order valence-corrected chi connectivity index (χ2v) is 5.38. The van der Waals surface area contributed by atoms with Gasteiger partial charge in [-0.25, -0.2) is 9.97 Å². The highest BCUT2D eigenvalue weighted by molar-refractivity contribution is 6.02. The first-order chi connectivity index (χ1) is 11.7. The molecule has 1 aliphatic rings. The molecule has 1 atom stereocenters. The number of carbonyl (C=O) groups excluding carboxylic acids is 1. The van der Waals surface area contributed by atoms with Crippen molar-refractivity contribution in [1.82, 2.24) is 9.97 Å². The van der Waals surface area contributed by atoms with Gasteiger partial charge in [0.2, 0.25) is 0 Å². The molecule has 7 heteroatoms. The zero-order chi connectivity index (χ0) is 16.8. The molecule has 2 aromatic rings. The van der Waals surface area contributed by atoms with Crippen LogP contribution in [0.15, 0.2) is 36.5 Å². The summed E-state index contributed by atoms with van der Waals surface area (Å²) in [4.78, 5) is 20.6. The molecule has 0 radical (unpaired) electrons. The monoisotopic (exact) mass is 329 g/mol. The van der Waals surface area contributed by atoms with Crippen LogP contribution >= 0.6 is 0 Å². The molecule has 3 rings (SSSR count). The summed E-state index contributed by atoms with van der Waals surface area (Å²) in [5, 5.41) is 2.71. The lowest BCUT2D eigenvalue weighted by molar-refractivity contribution is -0.101. The van der Waals surface area contributed by atoms with Crippen LogP contribution in [0.25, 0.3) is 0 Å². The number of anilines is 1. The predicted molar refractivity (Wildman–Crippen MR) is 87.2 cm³/mol. The van der Waals surface area contributed by atoms with Gasteiger partial charge in [0, 0.05) is 24.0 Å². The molecule has 1 unspecified atom stereocenters. The van der Waals surface area contributed by atoms with E-state index in [9.17, 15) is 4.79 Å². The maximum Gasteiger partial charge on any atom is 0.275 e. The first-order valence-corrected chi connectivity index (χ1v) is 7.74. The molecule has 0 saturated carbocycles. The number of aromatic nitrogens is 2. The van der Waals surface area contributed by atoms with Gasteiger partial charge in [-0.3, -0.25) is 4.79 Å². The SMILES string of the molecule is Cc1cc(OCC2COCCO2)cc(C(=O)Nc2ccccn2)n1. The first kappa shape index (κ1) is 16.4. The second kappa shape index (κ2) is 7.85. The molecule has 1 amide bonds. The average molecular weight is 329 g/mol. The number of ether oxygens (including phenoxy) is 3. The second-order valence-electron chi connectivity index (χ2n) is 5.38. The van der Waals surface area contributed by atoms with Gasteiger partial charge in [0.05, 0.1) is 19.8 Å². The minimum atomic E-state index is -0.334. The lowest BCUT2D eigenvalue weighted by Crippen LogP contribution is -2.33. The Labute approximate surface area is 140 Å². The van der Waals surface area contributed by atoms with Crippen molar-refractivity contribution < 1.29 is 19.0 Å². The molecule has 1 aliphatic heterocycles. The lowest BCUT2D eigenvalue weighted by atomic mass is 10.2. The van der Waals surface area contributed by atoms with E-state index in [1.807, 2.05) is 6.92 Å². The third kappa shape index (κ3) is 4.50. The summed E-state index contributed by atoms with van der Waals surface area (Å²) in [6, 6.07) is 8.68. The van der Waals surface area contributed by atoms with Crippen molar-refractivity contribution in [2.45, 2.75) is 13.0 Å². The molecule has 1 fully saturated rings. The summed E-state index contributed by atoms with van der Waals surface area (Å²) in [7, 11) is 0. The van der Waals surface area contributed by atoms with E-state index in [0.29, 0.717) is 43.7 Å². The van der Waals surface area contributed by atoms with Crippen LogP contribution in [0, 0.1) is 6.92 Å². The number of rotatable bonds is 5. The molecule has 0 spiro atoms. The zero-order valence-electron chi connectivity index (χ0n) is 13.4. The van der Waals surface area contributed by atoms with E-state index >= 15 is 0 Å². The first-order valence-electron chi connectivity index (χ1n) is 7.74. The summed E-state index contributed by atoms with van der Waals surface area (Å²) < 4.78 is 16.6. The van der Waals surface area contributed by atoms with E-state index in [-0.39, 0.29) is 17.7 Å². The Bertz CT molecular complexity index is 687. The Morgan fingerprint density at radius 2 is 2.29 bits per heavy atom. The fourth-order valence-corrected chi connectivity index (χ4v) is 2.28. The van der Waals surface area contributed by atoms with Gasteiger partial charge in [-0.1, -0.05) is 6.07 Å². The fraction of sp³-hybridized carbons (Fsp3) is 0.353. The highest BCUT2D eigenvalue weighted by atomic mass is 16.6. The normalized spacial score (nSPS) is 17.3. The van der Waals surface area contributed by atoms with Gasteiger partial charge < -0.3 is 19.5 Å². The molecule has 1 N–H and O–H groups in total. The standard InChI is InChI=1S/C17H19N3O4/c1-12-8-13(24-11-14-10-22-6-7-23-14)9-15(19-12)17(21)20-16-4-2-3-5-18-16/h2-5,8-9,14H,6-7,10-11H2,1H3,(H,18,20,21). The quantitative estimate of drug-likeness (QED) is 0.901. The molecule has 0 bridgehead atoms. The van der Waals surface area contributed by atoms with Gasteiger partial charge in [0.25, 0.3) is 5.91 Å². The summed E-state index contributed by atoms with van der Waals surface area (Å²) >= 11 is 0. The summed E-state index contributed by atoms with van der Waals surface area (Å²) in [5.74, 6) is 0.711. The molecule has 7 nitrogen and oxygen atoms in total. The van der Waals surface area contributed by atoms with Crippen LogP contribution in [0.3, 0.4) is 0 Å². The predicted octanol–water partition coefficient (Wildman–Crippen LogP) is 1.83. The number of pyridine rings is 2. The minimum Gasteiger partial charge on any atom is -0.491 e. The molecule has 1 saturated heterocycles. The smallest absolute Gasteiger partial charge is 0.275 e. The van der Waals surface area contributed by atoms with Crippen LogP contribution in [0.4, 0.5) is 5.82 Å². The molecular formula is C17H19N3O4. The van der Waals surface area contributed by atoms with E-state index in [4.69, 9.17) is 14.2 Å². The molecule has 0 aromatic carbocycles. The Morgan fingerprint density at radius 1 is 1.38 bits per heavy atom. The lowest BCUT2D eigenvalue weighted by Gasteiger charge is -2.23. The number of hydrogen-bond donors (Lipinski definition) is 1. The van der Waals surface area contributed by atoms with E-state index < -0.39 is 0 Å². The van der Waals surface area contributed by atoms with Crippen molar-refractivity contribution in [2.24, 2.45) is 0 Å².